The summed E-state index contributed by atoms with van der Waals surface area (Å²) in [7, 11) is 0. The van der Waals surface area contributed by atoms with Crippen LogP contribution in [-0.2, 0) is 11.2 Å². The second-order valence-electron chi connectivity index (χ2n) is 5.30. The van der Waals surface area contributed by atoms with Gasteiger partial charge >= 0.3 is 12.0 Å². The highest BCUT2D eigenvalue weighted by molar-refractivity contribution is 5.74. The van der Waals surface area contributed by atoms with Crippen molar-refractivity contribution < 1.29 is 23.5 Å². The van der Waals surface area contributed by atoms with Gasteiger partial charge in [-0.3, -0.25) is 4.79 Å². The van der Waals surface area contributed by atoms with Crippen molar-refractivity contribution in [2.45, 2.75) is 38.1 Å². The van der Waals surface area contributed by atoms with Gasteiger partial charge in [0.25, 0.3) is 0 Å². The Bertz CT molecular complexity index is 578. The van der Waals surface area contributed by atoms with E-state index in [4.69, 9.17) is 5.11 Å². The summed E-state index contributed by atoms with van der Waals surface area (Å²) in [4.78, 5) is 22.1. The number of urea groups is 1. The Morgan fingerprint density at radius 3 is 2.82 bits per heavy atom. The first kappa shape index (κ1) is 16.2. The second-order valence-corrected chi connectivity index (χ2v) is 5.30. The van der Waals surface area contributed by atoms with Gasteiger partial charge in [-0.2, -0.15) is 0 Å². The van der Waals surface area contributed by atoms with Gasteiger partial charge in [0, 0.05) is 19.0 Å². The first-order valence-electron chi connectivity index (χ1n) is 7.21. The summed E-state index contributed by atoms with van der Waals surface area (Å²) in [5, 5.41) is 13.7. The van der Waals surface area contributed by atoms with Crippen molar-refractivity contribution in [2.24, 2.45) is 0 Å². The monoisotopic (exact) mass is 312 g/mol. The molecule has 1 aromatic carbocycles. The largest absolute Gasteiger partial charge is 0.481 e. The molecule has 1 aliphatic carbocycles. The zero-order chi connectivity index (χ0) is 16.1. The number of amides is 2. The number of carboxylic acids is 1. The summed E-state index contributed by atoms with van der Waals surface area (Å²) in [5.74, 6) is -2.16. The van der Waals surface area contributed by atoms with E-state index in [1.165, 1.54) is 6.07 Å². The molecule has 2 amide bonds. The highest BCUT2D eigenvalue weighted by Crippen LogP contribution is 2.32. The summed E-state index contributed by atoms with van der Waals surface area (Å²) in [5.41, 5.74) is 0.924. The van der Waals surface area contributed by atoms with E-state index < -0.39 is 29.7 Å². The summed E-state index contributed by atoms with van der Waals surface area (Å²) >= 11 is 0. The van der Waals surface area contributed by atoms with Crippen LogP contribution < -0.4 is 10.6 Å². The molecule has 5 nitrogen and oxygen atoms in total. The number of hydrogen-bond donors (Lipinski definition) is 3. The Balaban J connectivity index is 1.94. The minimum atomic E-state index is -0.922. The van der Waals surface area contributed by atoms with Crippen molar-refractivity contribution in [1.82, 2.24) is 10.6 Å². The number of rotatable bonds is 5. The number of carbonyl (C=O) groups is 2. The van der Waals surface area contributed by atoms with Crippen molar-refractivity contribution in [3.8, 4) is 0 Å². The van der Waals surface area contributed by atoms with Gasteiger partial charge in [-0.1, -0.05) is 0 Å². The fourth-order valence-electron chi connectivity index (χ4n) is 2.64. The van der Waals surface area contributed by atoms with Crippen LogP contribution in [0.3, 0.4) is 0 Å². The number of carboxylic acid groups (broad SMARTS) is 1. The van der Waals surface area contributed by atoms with Crippen LogP contribution in [0.4, 0.5) is 13.6 Å². The minimum Gasteiger partial charge on any atom is -0.481 e. The van der Waals surface area contributed by atoms with Gasteiger partial charge in [-0.15, -0.1) is 0 Å². The highest BCUT2D eigenvalue weighted by Gasteiger charge is 2.25. The molecule has 0 aliphatic heterocycles. The maximum Gasteiger partial charge on any atom is 0.315 e. The fourth-order valence-corrected chi connectivity index (χ4v) is 2.64. The third kappa shape index (κ3) is 4.16. The molecule has 0 fully saturated rings. The molecule has 0 radical (unpaired) electrons. The average molecular weight is 312 g/mol. The van der Waals surface area contributed by atoms with Crippen LogP contribution in [0.5, 0.6) is 0 Å². The Morgan fingerprint density at radius 1 is 1.32 bits per heavy atom. The van der Waals surface area contributed by atoms with Crippen LogP contribution in [0.2, 0.25) is 0 Å². The van der Waals surface area contributed by atoms with E-state index in [9.17, 15) is 18.4 Å². The summed E-state index contributed by atoms with van der Waals surface area (Å²) in [6, 6.07) is 1.21. The van der Waals surface area contributed by atoms with E-state index in [1.54, 1.807) is 0 Å². The third-order valence-corrected chi connectivity index (χ3v) is 3.65. The summed E-state index contributed by atoms with van der Waals surface area (Å²) in [6.07, 6.45) is 2.15. The van der Waals surface area contributed by atoms with Crippen LogP contribution in [0, 0.1) is 11.6 Å². The van der Waals surface area contributed by atoms with Gasteiger partial charge in [-0.05, 0) is 42.9 Å². The smallest absolute Gasteiger partial charge is 0.315 e. The van der Waals surface area contributed by atoms with Crippen LogP contribution in [0.25, 0.3) is 0 Å². The van der Waals surface area contributed by atoms with Crippen molar-refractivity contribution in [3.63, 3.8) is 0 Å². The highest BCUT2D eigenvalue weighted by atomic mass is 19.1. The molecule has 22 heavy (non-hydrogen) atoms. The van der Waals surface area contributed by atoms with Gasteiger partial charge in [0.2, 0.25) is 0 Å². The molecular formula is C15H18F2N2O3. The van der Waals surface area contributed by atoms with Crippen LogP contribution >= 0.6 is 0 Å². The molecule has 0 bridgehead atoms. The minimum absolute atomic E-state index is 0.0248. The summed E-state index contributed by atoms with van der Waals surface area (Å²) in [6.45, 7) is 0.231. The predicted molar refractivity (Wildman–Crippen MR) is 75.4 cm³/mol. The maximum atomic E-state index is 13.7. The molecule has 1 atom stereocenters. The summed E-state index contributed by atoms with van der Waals surface area (Å²) < 4.78 is 27.1. The molecule has 0 aromatic heterocycles. The van der Waals surface area contributed by atoms with Gasteiger partial charge in [0.05, 0.1) is 6.04 Å². The van der Waals surface area contributed by atoms with Crippen LogP contribution in [0.1, 0.15) is 42.9 Å². The van der Waals surface area contributed by atoms with Crippen molar-refractivity contribution in [3.05, 3.63) is 34.9 Å². The topological polar surface area (TPSA) is 78.4 Å². The van der Waals surface area contributed by atoms with E-state index >= 15 is 0 Å². The van der Waals surface area contributed by atoms with Crippen molar-refractivity contribution in [2.75, 3.05) is 6.54 Å². The van der Waals surface area contributed by atoms with Gasteiger partial charge in [0.1, 0.15) is 11.6 Å². The van der Waals surface area contributed by atoms with Crippen LogP contribution in [0.15, 0.2) is 12.1 Å². The standard InChI is InChI=1S/C15H18F2N2O3/c16-9-7-11-10(12(17)8-9)3-1-4-13(11)19-15(22)18-6-2-5-14(20)21/h7-8,13H,1-6H2,(H,20,21)(H2,18,19,22)/t13-/m1/s1. The molecule has 0 heterocycles. The van der Waals surface area contributed by atoms with Crippen LogP contribution in [-0.4, -0.2) is 23.7 Å². The van der Waals surface area contributed by atoms with E-state index in [0.29, 0.717) is 36.8 Å². The SMILES string of the molecule is O=C(O)CCCNC(=O)N[C@@H]1CCCc2c(F)cc(F)cc21. The molecule has 120 valence electrons. The lowest BCUT2D eigenvalue weighted by Crippen LogP contribution is -2.39. The second kappa shape index (κ2) is 7.20. The number of benzene rings is 1. The number of halogens is 2. The quantitative estimate of drug-likeness (QED) is 0.731. The number of aliphatic carboxylic acids is 1. The number of fused-ring (bicyclic) bond motifs is 1. The Morgan fingerprint density at radius 2 is 2.09 bits per heavy atom. The van der Waals surface area contributed by atoms with Crippen molar-refractivity contribution in [1.29, 1.82) is 0 Å². The molecule has 0 saturated carbocycles. The average Bonchev–Trinajstić information content (AvgIpc) is 2.44. The molecule has 0 spiro atoms. The lowest BCUT2D eigenvalue weighted by molar-refractivity contribution is -0.137. The van der Waals surface area contributed by atoms with Gasteiger partial charge in [0.15, 0.2) is 0 Å². The number of carbonyl (C=O) groups excluding carboxylic acids is 1. The van der Waals surface area contributed by atoms with E-state index in [1.807, 2.05) is 0 Å². The third-order valence-electron chi connectivity index (χ3n) is 3.65. The molecule has 1 aromatic rings. The zero-order valence-corrected chi connectivity index (χ0v) is 12.0. The normalized spacial score (nSPS) is 16.7. The number of nitrogens with one attached hydrogen (secondary N) is 2. The lowest BCUT2D eigenvalue weighted by Gasteiger charge is -2.26. The molecule has 0 saturated heterocycles. The predicted octanol–water partition coefficient (Wildman–Crippen LogP) is 2.51. The Hall–Kier alpha value is -2.18. The first-order valence-corrected chi connectivity index (χ1v) is 7.21. The Kier molecular flexibility index (Phi) is 5.30. The number of hydrogen-bond acceptors (Lipinski definition) is 2. The lowest BCUT2D eigenvalue weighted by atomic mass is 9.87. The molecule has 0 unspecified atom stereocenters. The van der Waals surface area contributed by atoms with Gasteiger partial charge < -0.3 is 15.7 Å². The molecule has 2 rings (SSSR count). The van der Waals surface area contributed by atoms with E-state index in [0.717, 1.165) is 6.07 Å². The van der Waals surface area contributed by atoms with Crippen molar-refractivity contribution >= 4 is 12.0 Å². The molecule has 7 heteroatoms. The van der Waals surface area contributed by atoms with E-state index in [-0.39, 0.29) is 13.0 Å². The molecule has 1 aliphatic rings. The Labute approximate surface area is 126 Å². The molecule has 3 N–H and O–H groups in total. The fraction of sp³-hybridized carbons (Fsp3) is 0.467. The molecular weight excluding hydrogens is 294 g/mol. The van der Waals surface area contributed by atoms with E-state index in [2.05, 4.69) is 10.6 Å². The van der Waals surface area contributed by atoms with Gasteiger partial charge in [-0.25, -0.2) is 13.6 Å². The first-order chi connectivity index (χ1) is 10.5. The maximum absolute atomic E-state index is 13.7. The zero-order valence-electron chi connectivity index (χ0n) is 12.0.